The molecule has 0 radical (unpaired) electrons. The summed E-state index contributed by atoms with van der Waals surface area (Å²) < 4.78 is 7.63. The number of nitrogens with two attached hydrogens (primary N) is 1. The lowest BCUT2D eigenvalue weighted by Gasteiger charge is -2.19. The van der Waals surface area contributed by atoms with E-state index in [1.807, 2.05) is 61.7 Å². The Labute approximate surface area is 160 Å². The molecule has 2 N–H and O–H groups in total. The molecule has 0 aliphatic rings. The maximum Gasteiger partial charge on any atom is 0.137 e. The fraction of sp³-hybridized carbons (Fsp3) is 0.227. The van der Waals surface area contributed by atoms with E-state index in [1.165, 1.54) is 0 Å². The van der Waals surface area contributed by atoms with E-state index in [0.717, 1.165) is 41.4 Å². The quantitative estimate of drug-likeness (QED) is 0.581. The van der Waals surface area contributed by atoms with E-state index in [-0.39, 0.29) is 0 Å². The molecular formula is C22H26N4O. The molecule has 5 nitrogen and oxygen atoms in total. The molecule has 0 amide bonds. The highest BCUT2D eigenvalue weighted by Gasteiger charge is 2.17. The van der Waals surface area contributed by atoms with Gasteiger partial charge in [0.25, 0.3) is 0 Å². The first-order valence-electron chi connectivity index (χ1n) is 9.10. The predicted molar refractivity (Wildman–Crippen MR) is 112 cm³/mol. The molecule has 0 aliphatic heterocycles. The van der Waals surface area contributed by atoms with Crippen LogP contribution in [0.1, 0.15) is 12.6 Å². The Hall–Kier alpha value is -3.05. The Morgan fingerprint density at radius 1 is 1.11 bits per heavy atom. The standard InChI is InChI=1S/C22H26N4O/c1-4-13-25(14-5-2)16-20-22(17-7-10-19(11-8-17)27-6-3)24-21-12-9-18(23)15-26(20)21/h4-5,7-12,15H,1-2,6,13-14,16,23H2,3H3. The van der Waals surface area contributed by atoms with Crippen LogP contribution in [0.5, 0.6) is 5.75 Å². The number of fused-ring (bicyclic) bond motifs is 1. The lowest BCUT2D eigenvalue weighted by molar-refractivity contribution is 0.323. The number of hydrogen-bond donors (Lipinski definition) is 1. The fourth-order valence-corrected chi connectivity index (χ4v) is 3.15. The van der Waals surface area contributed by atoms with Crippen molar-refractivity contribution in [1.82, 2.24) is 14.3 Å². The van der Waals surface area contributed by atoms with Crippen molar-refractivity contribution in [2.24, 2.45) is 0 Å². The highest BCUT2D eigenvalue weighted by Crippen LogP contribution is 2.28. The second kappa shape index (κ2) is 8.56. The minimum atomic E-state index is 0.649. The summed E-state index contributed by atoms with van der Waals surface area (Å²) in [7, 11) is 0. The van der Waals surface area contributed by atoms with Crippen molar-refractivity contribution in [3.63, 3.8) is 0 Å². The van der Waals surface area contributed by atoms with Crippen LogP contribution in [0.2, 0.25) is 0 Å². The molecular weight excluding hydrogens is 336 g/mol. The third-order valence-corrected chi connectivity index (χ3v) is 4.33. The summed E-state index contributed by atoms with van der Waals surface area (Å²) in [6, 6.07) is 11.9. The molecule has 2 heterocycles. The van der Waals surface area contributed by atoms with Crippen molar-refractivity contribution in [3.05, 3.63) is 73.6 Å². The van der Waals surface area contributed by atoms with Gasteiger partial charge in [0, 0.05) is 37.1 Å². The molecule has 3 aromatic rings. The number of pyridine rings is 1. The van der Waals surface area contributed by atoms with E-state index in [0.29, 0.717) is 18.8 Å². The average Bonchev–Trinajstić information content (AvgIpc) is 3.01. The van der Waals surface area contributed by atoms with Crippen LogP contribution in [-0.4, -0.2) is 34.0 Å². The van der Waals surface area contributed by atoms with Gasteiger partial charge in [0.1, 0.15) is 11.4 Å². The monoisotopic (exact) mass is 362 g/mol. The summed E-state index contributed by atoms with van der Waals surface area (Å²) in [6.07, 6.45) is 5.73. The number of nitrogen functional groups attached to an aromatic ring is 1. The van der Waals surface area contributed by atoms with Crippen LogP contribution in [-0.2, 0) is 6.54 Å². The fourth-order valence-electron chi connectivity index (χ4n) is 3.15. The Kier molecular flexibility index (Phi) is 5.94. The van der Waals surface area contributed by atoms with Gasteiger partial charge in [0.05, 0.1) is 18.0 Å². The lowest BCUT2D eigenvalue weighted by Crippen LogP contribution is -2.24. The Morgan fingerprint density at radius 2 is 1.81 bits per heavy atom. The summed E-state index contributed by atoms with van der Waals surface area (Å²) in [5.74, 6) is 0.857. The van der Waals surface area contributed by atoms with E-state index < -0.39 is 0 Å². The number of imidazole rings is 1. The van der Waals surface area contributed by atoms with Crippen molar-refractivity contribution < 1.29 is 4.74 Å². The molecule has 0 saturated heterocycles. The molecule has 2 aromatic heterocycles. The minimum Gasteiger partial charge on any atom is -0.494 e. The molecule has 5 heteroatoms. The van der Waals surface area contributed by atoms with E-state index in [4.69, 9.17) is 15.5 Å². The third-order valence-electron chi connectivity index (χ3n) is 4.33. The summed E-state index contributed by atoms with van der Waals surface area (Å²) in [5.41, 5.74) is 10.7. The van der Waals surface area contributed by atoms with Crippen LogP contribution in [0.3, 0.4) is 0 Å². The van der Waals surface area contributed by atoms with Crippen molar-refractivity contribution >= 4 is 11.3 Å². The molecule has 27 heavy (non-hydrogen) atoms. The van der Waals surface area contributed by atoms with Crippen molar-refractivity contribution in [3.8, 4) is 17.0 Å². The molecule has 0 fully saturated rings. The molecule has 140 valence electrons. The maximum absolute atomic E-state index is 6.03. The van der Waals surface area contributed by atoms with Gasteiger partial charge in [-0.05, 0) is 43.3 Å². The first kappa shape index (κ1) is 18.7. The van der Waals surface area contributed by atoms with E-state index in [1.54, 1.807) is 0 Å². The van der Waals surface area contributed by atoms with Crippen LogP contribution in [0.4, 0.5) is 5.69 Å². The largest absolute Gasteiger partial charge is 0.494 e. The summed E-state index contributed by atoms with van der Waals surface area (Å²) in [5, 5.41) is 0. The maximum atomic E-state index is 6.03. The van der Waals surface area contributed by atoms with Gasteiger partial charge >= 0.3 is 0 Å². The van der Waals surface area contributed by atoms with Crippen LogP contribution >= 0.6 is 0 Å². The first-order chi connectivity index (χ1) is 13.2. The van der Waals surface area contributed by atoms with Crippen molar-refractivity contribution in [2.45, 2.75) is 13.5 Å². The highest BCUT2D eigenvalue weighted by molar-refractivity contribution is 5.68. The van der Waals surface area contributed by atoms with Crippen LogP contribution in [0.25, 0.3) is 16.9 Å². The minimum absolute atomic E-state index is 0.649. The van der Waals surface area contributed by atoms with Crippen LogP contribution in [0.15, 0.2) is 67.9 Å². The zero-order valence-electron chi connectivity index (χ0n) is 15.8. The smallest absolute Gasteiger partial charge is 0.137 e. The Morgan fingerprint density at radius 3 is 2.44 bits per heavy atom. The number of rotatable bonds is 9. The third kappa shape index (κ3) is 4.20. The second-order valence-corrected chi connectivity index (χ2v) is 6.33. The topological polar surface area (TPSA) is 55.8 Å². The van der Waals surface area contributed by atoms with Crippen LogP contribution in [0, 0.1) is 0 Å². The molecule has 0 bridgehead atoms. The van der Waals surface area contributed by atoms with Crippen molar-refractivity contribution in [1.29, 1.82) is 0 Å². The van der Waals surface area contributed by atoms with Gasteiger partial charge in [-0.3, -0.25) is 4.90 Å². The van der Waals surface area contributed by atoms with Gasteiger partial charge in [-0.25, -0.2) is 4.98 Å². The molecule has 0 spiro atoms. The van der Waals surface area contributed by atoms with E-state index >= 15 is 0 Å². The van der Waals surface area contributed by atoms with Gasteiger partial charge < -0.3 is 14.9 Å². The summed E-state index contributed by atoms with van der Waals surface area (Å²) >= 11 is 0. The summed E-state index contributed by atoms with van der Waals surface area (Å²) in [4.78, 5) is 7.12. The van der Waals surface area contributed by atoms with Gasteiger partial charge in [-0.15, -0.1) is 13.2 Å². The molecule has 0 aliphatic carbocycles. The van der Waals surface area contributed by atoms with Gasteiger partial charge in [-0.1, -0.05) is 12.2 Å². The molecule has 0 saturated carbocycles. The number of anilines is 1. The molecule has 3 rings (SSSR count). The number of hydrogen-bond acceptors (Lipinski definition) is 4. The number of ether oxygens (including phenoxy) is 1. The second-order valence-electron chi connectivity index (χ2n) is 6.33. The Bertz CT molecular complexity index is 917. The SMILES string of the molecule is C=CCN(CC=C)Cc1c(-c2ccc(OCC)cc2)nc2ccc(N)cn12. The van der Waals surface area contributed by atoms with E-state index in [9.17, 15) is 0 Å². The van der Waals surface area contributed by atoms with Gasteiger partial charge in [0.15, 0.2) is 0 Å². The van der Waals surface area contributed by atoms with Crippen LogP contribution < -0.4 is 10.5 Å². The molecule has 1 aromatic carbocycles. The first-order valence-corrected chi connectivity index (χ1v) is 9.10. The lowest BCUT2D eigenvalue weighted by atomic mass is 10.1. The predicted octanol–water partition coefficient (Wildman–Crippen LogP) is 4.16. The van der Waals surface area contributed by atoms with E-state index in [2.05, 4.69) is 22.5 Å². The van der Waals surface area contributed by atoms with Gasteiger partial charge in [0.2, 0.25) is 0 Å². The highest BCUT2D eigenvalue weighted by atomic mass is 16.5. The summed E-state index contributed by atoms with van der Waals surface area (Å²) in [6.45, 7) is 12.6. The Balaban J connectivity index is 2.07. The van der Waals surface area contributed by atoms with Crippen molar-refractivity contribution in [2.75, 3.05) is 25.4 Å². The number of nitrogens with zero attached hydrogens (tertiary/aromatic N) is 3. The normalized spacial score (nSPS) is 11.0. The molecule has 0 unspecified atom stereocenters. The number of aromatic nitrogens is 2. The average molecular weight is 362 g/mol. The zero-order chi connectivity index (χ0) is 19.2. The van der Waals surface area contributed by atoms with Gasteiger partial charge in [-0.2, -0.15) is 0 Å². The zero-order valence-corrected chi connectivity index (χ0v) is 15.8. The molecule has 0 atom stereocenters. The number of benzene rings is 1.